The number of hydrogen-bond donors (Lipinski definition) is 2. The standard InChI is InChI=1S/C32H33N3O2/c36-27(21-37-32-11-5-10-31-30(32)14-15-33-31)20-34-18-26-8-3-2-7-25(34)19-35(26)24-12-13-29-23(17-24)16-22-6-1-4-9-28(22)29/h1-6,9-15,17,25-27,33,36H,7-8,16,18-21H2/b3-2-. The Hall–Kier alpha value is -3.54. The SMILES string of the molecule is OC(COc1cccc2[nH]ccc12)CN1CC2C/C=C\CC1CN2c1ccc2c(c1)Cc1ccccc1-2. The van der Waals surface area contributed by atoms with E-state index in [1.54, 1.807) is 0 Å². The number of piperazine rings is 1. The van der Waals surface area contributed by atoms with Crippen LogP contribution in [0.2, 0.25) is 0 Å². The van der Waals surface area contributed by atoms with E-state index in [1.165, 1.54) is 27.9 Å². The number of aliphatic hydroxyl groups excluding tert-OH is 1. The van der Waals surface area contributed by atoms with E-state index in [0.29, 0.717) is 25.2 Å². The first-order valence-corrected chi connectivity index (χ1v) is 13.5. The molecular weight excluding hydrogens is 458 g/mol. The molecule has 1 aromatic heterocycles. The van der Waals surface area contributed by atoms with Crippen LogP contribution in [-0.4, -0.2) is 59.4 Å². The second-order valence-electron chi connectivity index (χ2n) is 10.7. The predicted molar refractivity (Wildman–Crippen MR) is 149 cm³/mol. The van der Waals surface area contributed by atoms with Crippen molar-refractivity contribution in [2.24, 2.45) is 0 Å². The average Bonchev–Trinajstić information content (AvgIpc) is 3.53. The van der Waals surface area contributed by atoms with Crippen molar-refractivity contribution in [2.45, 2.75) is 37.5 Å². The molecule has 2 bridgehead atoms. The molecule has 5 heteroatoms. The van der Waals surface area contributed by atoms with Crippen LogP contribution in [0.1, 0.15) is 24.0 Å². The monoisotopic (exact) mass is 491 g/mol. The number of aromatic amines is 1. The summed E-state index contributed by atoms with van der Waals surface area (Å²) in [6.45, 7) is 2.86. The summed E-state index contributed by atoms with van der Waals surface area (Å²) in [5.74, 6) is 0.819. The Balaban J connectivity index is 1.05. The van der Waals surface area contributed by atoms with Gasteiger partial charge in [-0.15, -0.1) is 0 Å². The Bertz CT molecular complexity index is 1460. The van der Waals surface area contributed by atoms with Crippen LogP contribution in [0.3, 0.4) is 0 Å². The molecule has 2 N–H and O–H groups in total. The highest BCUT2D eigenvalue weighted by molar-refractivity contribution is 5.85. The smallest absolute Gasteiger partial charge is 0.128 e. The van der Waals surface area contributed by atoms with Crippen LogP contribution in [0.4, 0.5) is 5.69 Å². The quantitative estimate of drug-likeness (QED) is 0.313. The largest absolute Gasteiger partial charge is 0.490 e. The summed E-state index contributed by atoms with van der Waals surface area (Å²) in [6.07, 6.45) is 9.13. The number of hydrogen-bond acceptors (Lipinski definition) is 4. The van der Waals surface area contributed by atoms with E-state index in [-0.39, 0.29) is 0 Å². The number of aliphatic hydroxyl groups is 1. The molecule has 3 aliphatic heterocycles. The van der Waals surface area contributed by atoms with E-state index in [2.05, 4.69) is 69.4 Å². The third-order valence-electron chi connectivity index (χ3n) is 8.33. The van der Waals surface area contributed by atoms with E-state index in [1.807, 2.05) is 30.5 Å². The zero-order valence-corrected chi connectivity index (χ0v) is 21.0. The molecule has 4 aliphatic rings. The average molecular weight is 492 g/mol. The van der Waals surface area contributed by atoms with Crippen molar-refractivity contribution in [2.75, 3.05) is 31.1 Å². The summed E-state index contributed by atoms with van der Waals surface area (Å²) in [7, 11) is 0. The number of ether oxygens (including phenoxy) is 1. The Kier molecular flexibility index (Phi) is 5.75. The number of nitrogens with zero attached hydrogens (tertiary/aromatic N) is 2. The van der Waals surface area contributed by atoms with Gasteiger partial charge in [-0.1, -0.05) is 48.6 Å². The lowest BCUT2D eigenvalue weighted by molar-refractivity contribution is 0.0409. The maximum Gasteiger partial charge on any atom is 0.128 e. The van der Waals surface area contributed by atoms with E-state index >= 15 is 0 Å². The molecule has 4 aromatic rings. The number of rotatable bonds is 6. The van der Waals surface area contributed by atoms with Gasteiger partial charge in [0.15, 0.2) is 0 Å². The molecule has 1 fully saturated rings. The second-order valence-corrected chi connectivity index (χ2v) is 10.7. The van der Waals surface area contributed by atoms with Crippen molar-refractivity contribution in [1.29, 1.82) is 0 Å². The molecule has 5 nitrogen and oxygen atoms in total. The van der Waals surface area contributed by atoms with Gasteiger partial charge in [0.05, 0.1) is 0 Å². The Labute approximate surface area is 218 Å². The zero-order chi connectivity index (χ0) is 24.8. The molecule has 188 valence electrons. The van der Waals surface area contributed by atoms with E-state index < -0.39 is 6.10 Å². The first-order valence-electron chi connectivity index (χ1n) is 13.5. The van der Waals surface area contributed by atoms with Crippen molar-refractivity contribution in [3.05, 3.63) is 96.2 Å². The molecule has 0 saturated carbocycles. The lowest BCUT2D eigenvalue weighted by Crippen LogP contribution is -2.60. The van der Waals surface area contributed by atoms with Gasteiger partial charge >= 0.3 is 0 Å². The van der Waals surface area contributed by atoms with Crippen molar-refractivity contribution < 1.29 is 9.84 Å². The summed E-state index contributed by atoms with van der Waals surface area (Å²) in [4.78, 5) is 8.32. The molecule has 3 unspecified atom stereocenters. The van der Waals surface area contributed by atoms with Crippen molar-refractivity contribution >= 4 is 16.6 Å². The van der Waals surface area contributed by atoms with Gasteiger partial charge in [-0.05, 0) is 71.8 Å². The molecule has 3 aromatic carbocycles. The lowest BCUT2D eigenvalue weighted by atomic mass is 9.95. The highest BCUT2D eigenvalue weighted by Gasteiger charge is 2.35. The Morgan fingerprint density at radius 1 is 0.892 bits per heavy atom. The molecule has 8 rings (SSSR count). The van der Waals surface area contributed by atoms with Crippen molar-refractivity contribution in [3.8, 4) is 16.9 Å². The minimum absolute atomic E-state index is 0.295. The molecule has 3 atom stereocenters. The van der Waals surface area contributed by atoms with Gasteiger partial charge in [0, 0.05) is 54.5 Å². The molecule has 0 amide bonds. The zero-order valence-electron chi connectivity index (χ0n) is 21.0. The van der Waals surface area contributed by atoms with Gasteiger partial charge in [-0.2, -0.15) is 0 Å². The fourth-order valence-electron chi connectivity index (χ4n) is 6.48. The number of nitrogens with one attached hydrogen (secondary N) is 1. The van der Waals surface area contributed by atoms with Gasteiger partial charge in [0.1, 0.15) is 18.5 Å². The highest BCUT2D eigenvalue weighted by Crippen LogP contribution is 2.39. The third kappa shape index (κ3) is 4.22. The van der Waals surface area contributed by atoms with Gasteiger partial charge in [0.2, 0.25) is 0 Å². The predicted octanol–water partition coefficient (Wildman–Crippen LogP) is 5.39. The summed E-state index contributed by atoms with van der Waals surface area (Å²) in [5.41, 5.74) is 8.03. The highest BCUT2D eigenvalue weighted by atomic mass is 16.5. The van der Waals surface area contributed by atoms with Gasteiger partial charge in [-0.25, -0.2) is 0 Å². The first kappa shape index (κ1) is 22.6. The first-order chi connectivity index (χ1) is 18.2. The number of benzene rings is 3. The van der Waals surface area contributed by atoms with Crippen LogP contribution < -0.4 is 9.64 Å². The summed E-state index contributed by atoms with van der Waals surface area (Å²) in [5, 5.41) is 12.0. The van der Waals surface area contributed by atoms with Crippen LogP contribution in [0, 0.1) is 0 Å². The number of anilines is 1. The van der Waals surface area contributed by atoms with Crippen LogP contribution in [0.5, 0.6) is 5.75 Å². The lowest BCUT2D eigenvalue weighted by Gasteiger charge is -2.49. The molecule has 1 saturated heterocycles. The topological polar surface area (TPSA) is 51.7 Å². The van der Waals surface area contributed by atoms with Gasteiger partial charge < -0.3 is 19.7 Å². The molecule has 37 heavy (non-hydrogen) atoms. The molecule has 4 heterocycles. The summed E-state index contributed by atoms with van der Waals surface area (Å²) < 4.78 is 6.06. The Morgan fingerprint density at radius 2 is 1.76 bits per heavy atom. The molecule has 1 aliphatic carbocycles. The fraction of sp³-hybridized carbons (Fsp3) is 0.312. The maximum atomic E-state index is 10.9. The fourth-order valence-corrected chi connectivity index (χ4v) is 6.48. The second kappa shape index (κ2) is 9.40. The van der Waals surface area contributed by atoms with Gasteiger partial charge in [0.25, 0.3) is 0 Å². The van der Waals surface area contributed by atoms with Crippen LogP contribution >= 0.6 is 0 Å². The summed E-state index contributed by atoms with van der Waals surface area (Å²) in [6, 6.07) is 24.6. The van der Waals surface area contributed by atoms with Crippen LogP contribution in [0.25, 0.3) is 22.0 Å². The van der Waals surface area contributed by atoms with Crippen molar-refractivity contribution in [1.82, 2.24) is 9.88 Å². The van der Waals surface area contributed by atoms with E-state index in [0.717, 1.165) is 49.0 Å². The number of aromatic nitrogens is 1. The third-order valence-corrected chi connectivity index (χ3v) is 8.33. The maximum absolute atomic E-state index is 10.9. The molecule has 0 radical (unpaired) electrons. The molecule has 0 spiro atoms. The van der Waals surface area contributed by atoms with E-state index in [9.17, 15) is 5.11 Å². The van der Waals surface area contributed by atoms with Crippen molar-refractivity contribution in [3.63, 3.8) is 0 Å². The Morgan fingerprint density at radius 3 is 2.70 bits per heavy atom. The van der Waals surface area contributed by atoms with Crippen LogP contribution in [0.15, 0.2) is 85.1 Å². The summed E-state index contributed by atoms with van der Waals surface area (Å²) >= 11 is 0. The molecular formula is C32H33N3O2. The van der Waals surface area contributed by atoms with E-state index in [4.69, 9.17) is 4.74 Å². The number of fused-ring (bicyclic) bond motifs is 8. The minimum Gasteiger partial charge on any atom is -0.490 e. The van der Waals surface area contributed by atoms with Gasteiger partial charge in [-0.3, -0.25) is 4.90 Å². The minimum atomic E-state index is -0.536. The number of H-pyrrole nitrogens is 1. The normalized spacial score (nSPS) is 22.4. The van der Waals surface area contributed by atoms with Crippen LogP contribution in [-0.2, 0) is 6.42 Å².